The van der Waals surface area contributed by atoms with Crippen LogP contribution in [-0.4, -0.2) is 24.3 Å². The Morgan fingerprint density at radius 1 is 0.867 bits per heavy atom. The number of benzene rings is 1. The van der Waals surface area contributed by atoms with Gasteiger partial charge >= 0.3 is 0 Å². The number of carbonyl (C=O) groups is 3. The highest BCUT2D eigenvalue weighted by Crippen LogP contribution is 2.61. The van der Waals surface area contributed by atoms with Gasteiger partial charge in [-0.3, -0.25) is 14.4 Å². The van der Waals surface area contributed by atoms with E-state index in [-0.39, 0.29) is 35.6 Å². The Morgan fingerprint density at radius 2 is 1.37 bits per heavy atom. The summed E-state index contributed by atoms with van der Waals surface area (Å²) in [6.45, 7) is 3.65. The molecule has 3 amide bonds. The van der Waals surface area contributed by atoms with E-state index in [9.17, 15) is 14.4 Å². The summed E-state index contributed by atoms with van der Waals surface area (Å²) in [5.41, 5.74) is 1.51. The van der Waals surface area contributed by atoms with Gasteiger partial charge in [-0.2, -0.15) is 0 Å². The number of nitrogens with one attached hydrogen (secondary N) is 3. The molecule has 4 saturated carbocycles. The zero-order chi connectivity index (χ0) is 21.3. The average molecular weight is 412 g/mol. The van der Waals surface area contributed by atoms with Crippen molar-refractivity contribution in [1.82, 2.24) is 5.32 Å². The first-order chi connectivity index (χ1) is 14.3. The van der Waals surface area contributed by atoms with Crippen molar-refractivity contribution >= 4 is 29.1 Å². The predicted molar refractivity (Wildman–Crippen MR) is 117 cm³/mol. The highest BCUT2D eigenvalue weighted by atomic mass is 16.2. The van der Waals surface area contributed by atoms with Gasteiger partial charge < -0.3 is 16.0 Å². The highest BCUT2D eigenvalue weighted by Gasteiger charge is 2.51. The number of hydrogen-bond acceptors (Lipinski definition) is 3. The topological polar surface area (TPSA) is 87.3 Å². The molecule has 3 N–H and O–H groups in total. The lowest BCUT2D eigenvalue weighted by atomic mass is 9.49. The third-order valence-corrected chi connectivity index (χ3v) is 7.11. The molecule has 0 radical (unpaired) electrons. The average Bonchev–Trinajstić information content (AvgIpc) is 2.66. The van der Waals surface area contributed by atoms with Crippen molar-refractivity contribution in [2.24, 2.45) is 29.1 Å². The van der Waals surface area contributed by atoms with Crippen molar-refractivity contribution in [3.63, 3.8) is 0 Å². The van der Waals surface area contributed by atoms with E-state index in [4.69, 9.17) is 0 Å². The van der Waals surface area contributed by atoms with Crippen molar-refractivity contribution in [1.29, 1.82) is 0 Å². The lowest BCUT2D eigenvalue weighted by Gasteiger charge is -2.56. The van der Waals surface area contributed by atoms with E-state index < -0.39 is 0 Å². The summed E-state index contributed by atoms with van der Waals surface area (Å²) in [7, 11) is 0. The van der Waals surface area contributed by atoms with E-state index in [1.165, 1.54) is 38.5 Å². The minimum Gasteiger partial charge on any atom is -0.347 e. The summed E-state index contributed by atoms with van der Waals surface area (Å²) in [4.78, 5) is 36.5. The molecule has 0 heterocycles. The van der Waals surface area contributed by atoms with Gasteiger partial charge in [0.1, 0.15) is 0 Å². The van der Waals surface area contributed by atoms with Gasteiger partial charge in [-0.1, -0.05) is 13.8 Å². The lowest BCUT2D eigenvalue weighted by Crippen LogP contribution is -2.48. The largest absolute Gasteiger partial charge is 0.347 e. The normalized spacial score (nSPS) is 29.0. The summed E-state index contributed by atoms with van der Waals surface area (Å²) in [6, 6.07) is 6.99. The number of rotatable bonds is 7. The lowest BCUT2D eigenvalue weighted by molar-refractivity contribution is -0.131. The van der Waals surface area contributed by atoms with Crippen LogP contribution in [0.25, 0.3) is 0 Å². The number of amides is 3. The molecule has 4 bridgehead atoms. The number of carbonyl (C=O) groups excluding carboxylic acids is 3. The Hall–Kier alpha value is -2.37. The summed E-state index contributed by atoms with van der Waals surface area (Å²) in [5.74, 6) is 2.08. The number of hydrogen-bond donors (Lipinski definition) is 3. The van der Waals surface area contributed by atoms with E-state index in [1.807, 2.05) is 13.8 Å². The quantitative estimate of drug-likeness (QED) is 0.635. The monoisotopic (exact) mass is 411 g/mol. The van der Waals surface area contributed by atoms with Crippen molar-refractivity contribution in [3.05, 3.63) is 24.3 Å². The van der Waals surface area contributed by atoms with E-state index >= 15 is 0 Å². The fourth-order valence-corrected chi connectivity index (χ4v) is 6.22. The van der Waals surface area contributed by atoms with Crippen LogP contribution < -0.4 is 16.0 Å². The van der Waals surface area contributed by atoms with Crippen LogP contribution in [0.2, 0.25) is 0 Å². The van der Waals surface area contributed by atoms with E-state index in [2.05, 4.69) is 16.0 Å². The Balaban J connectivity index is 1.22. The van der Waals surface area contributed by atoms with Crippen LogP contribution in [-0.2, 0) is 14.4 Å². The third-order valence-electron chi connectivity index (χ3n) is 7.11. The van der Waals surface area contributed by atoms with Crippen LogP contribution >= 0.6 is 0 Å². The fourth-order valence-electron chi connectivity index (χ4n) is 6.22. The first-order valence-electron chi connectivity index (χ1n) is 11.3. The van der Waals surface area contributed by atoms with Crippen LogP contribution in [0, 0.1) is 29.1 Å². The maximum atomic E-state index is 12.6. The summed E-state index contributed by atoms with van der Waals surface area (Å²) in [6.07, 6.45) is 8.23. The Bertz CT molecular complexity index is 780. The summed E-state index contributed by atoms with van der Waals surface area (Å²) >= 11 is 0. The SMILES string of the molecule is CC(C)C(=O)Nc1ccc(NC(=O)CNC(=O)CC23CC4CC(CC(C4)C2)C3)cc1. The van der Waals surface area contributed by atoms with Gasteiger partial charge in [0.15, 0.2) is 0 Å². The van der Waals surface area contributed by atoms with Crippen LogP contribution in [0.3, 0.4) is 0 Å². The summed E-state index contributed by atoms with van der Waals surface area (Å²) in [5, 5.41) is 8.43. The zero-order valence-corrected chi connectivity index (χ0v) is 18.0. The molecule has 0 aromatic heterocycles. The van der Waals surface area contributed by atoms with Gasteiger partial charge in [-0.05, 0) is 86.0 Å². The summed E-state index contributed by atoms with van der Waals surface area (Å²) < 4.78 is 0. The predicted octanol–water partition coefficient (Wildman–Crippen LogP) is 3.94. The molecule has 6 nitrogen and oxygen atoms in total. The van der Waals surface area contributed by atoms with Gasteiger partial charge in [-0.25, -0.2) is 0 Å². The van der Waals surface area contributed by atoms with Crippen LogP contribution in [0.1, 0.15) is 58.8 Å². The molecular formula is C24H33N3O3. The molecule has 6 heteroatoms. The zero-order valence-electron chi connectivity index (χ0n) is 18.0. The van der Waals surface area contributed by atoms with E-state index in [0.717, 1.165) is 17.8 Å². The van der Waals surface area contributed by atoms with Gasteiger partial charge in [0.05, 0.1) is 6.54 Å². The van der Waals surface area contributed by atoms with Crippen LogP contribution in [0.4, 0.5) is 11.4 Å². The van der Waals surface area contributed by atoms with Gasteiger partial charge in [0.2, 0.25) is 17.7 Å². The van der Waals surface area contributed by atoms with Gasteiger partial charge in [0.25, 0.3) is 0 Å². The molecule has 4 aliphatic carbocycles. The maximum Gasteiger partial charge on any atom is 0.243 e. The van der Waals surface area contributed by atoms with E-state index in [0.29, 0.717) is 17.8 Å². The highest BCUT2D eigenvalue weighted by molar-refractivity contribution is 5.95. The molecule has 5 rings (SSSR count). The molecule has 0 saturated heterocycles. The minimum absolute atomic E-state index is 0.00107. The second-order valence-corrected chi connectivity index (χ2v) is 10.1. The van der Waals surface area contributed by atoms with Crippen LogP contribution in [0.5, 0.6) is 0 Å². The number of anilines is 2. The molecule has 0 aliphatic heterocycles. The second-order valence-electron chi connectivity index (χ2n) is 10.1. The molecule has 0 spiro atoms. The molecule has 1 aromatic rings. The van der Waals surface area contributed by atoms with E-state index in [1.54, 1.807) is 24.3 Å². The molecule has 0 unspecified atom stereocenters. The molecule has 1 aromatic carbocycles. The molecule has 4 aliphatic rings. The second kappa shape index (κ2) is 8.40. The minimum atomic E-state index is -0.243. The Morgan fingerprint density at radius 3 is 1.87 bits per heavy atom. The molecule has 162 valence electrons. The molecule has 30 heavy (non-hydrogen) atoms. The van der Waals surface area contributed by atoms with Crippen molar-refractivity contribution in [3.8, 4) is 0 Å². The molecule has 0 atom stereocenters. The first-order valence-corrected chi connectivity index (χ1v) is 11.3. The van der Waals surface area contributed by atoms with Crippen LogP contribution in [0.15, 0.2) is 24.3 Å². The van der Waals surface area contributed by atoms with Crippen molar-refractivity contribution < 1.29 is 14.4 Å². The smallest absolute Gasteiger partial charge is 0.243 e. The third kappa shape index (κ3) is 4.85. The van der Waals surface area contributed by atoms with Gasteiger partial charge in [-0.15, -0.1) is 0 Å². The maximum absolute atomic E-state index is 12.6. The Kier molecular flexibility index (Phi) is 5.85. The standard InChI is InChI=1S/C24H33N3O3/c1-15(2)23(30)27-20-5-3-19(4-6-20)26-22(29)14-25-21(28)13-24-10-16-7-17(11-24)9-18(8-16)12-24/h3-6,15-18H,7-14H2,1-2H3,(H,25,28)(H,26,29)(H,27,30). The van der Waals surface area contributed by atoms with Gasteiger partial charge in [0, 0.05) is 23.7 Å². The molecule has 4 fully saturated rings. The Labute approximate surface area is 178 Å². The van der Waals surface area contributed by atoms with Crippen molar-refractivity contribution in [2.45, 2.75) is 58.8 Å². The first kappa shape index (κ1) is 20.9. The molecular weight excluding hydrogens is 378 g/mol. The van der Waals surface area contributed by atoms with Crippen molar-refractivity contribution in [2.75, 3.05) is 17.2 Å². The fraction of sp³-hybridized carbons (Fsp3) is 0.625.